The maximum Gasteiger partial charge on any atom is 0.340 e. The molecule has 2 heterocycles. The second-order valence-corrected chi connectivity index (χ2v) is 5.95. The summed E-state index contributed by atoms with van der Waals surface area (Å²) in [6, 6.07) is 9.81. The van der Waals surface area contributed by atoms with E-state index in [0.29, 0.717) is 11.3 Å². The largest absolute Gasteiger partial charge is 0.503 e. The number of carbonyl (C=O) groups is 2. The van der Waals surface area contributed by atoms with Crippen molar-refractivity contribution in [2.45, 2.75) is 19.5 Å². The van der Waals surface area contributed by atoms with Gasteiger partial charge in [0.05, 0.1) is 19.8 Å². The number of rotatable bonds is 6. The van der Waals surface area contributed by atoms with Crippen molar-refractivity contribution >= 4 is 11.9 Å². The van der Waals surface area contributed by atoms with E-state index in [-0.39, 0.29) is 18.7 Å². The van der Waals surface area contributed by atoms with Crippen molar-refractivity contribution in [1.82, 2.24) is 9.88 Å². The number of carbonyl (C=O) groups excluding carboxylic acids is 2. The van der Waals surface area contributed by atoms with Crippen molar-refractivity contribution in [3.63, 3.8) is 0 Å². The minimum Gasteiger partial charge on any atom is -0.503 e. The third kappa shape index (κ3) is 3.62. The molecule has 0 saturated carbocycles. The third-order valence-electron chi connectivity index (χ3n) is 4.31. The normalized spacial score (nSPS) is 16.6. The van der Waals surface area contributed by atoms with E-state index < -0.39 is 23.7 Å². The van der Waals surface area contributed by atoms with Gasteiger partial charge in [-0.25, -0.2) is 4.79 Å². The minimum atomic E-state index is -0.761. The Morgan fingerprint density at radius 1 is 1.26 bits per heavy atom. The highest BCUT2D eigenvalue weighted by molar-refractivity contribution is 6.06. The number of methoxy groups -OCH3 is 1. The molecular formula is C20H20N2O5. The molecule has 2 aromatic rings. The van der Waals surface area contributed by atoms with Gasteiger partial charge in [0.2, 0.25) is 0 Å². The minimum absolute atomic E-state index is 0.0593. The molecule has 0 spiro atoms. The molecule has 0 aliphatic carbocycles. The molecule has 3 rings (SSSR count). The van der Waals surface area contributed by atoms with Crippen LogP contribution < -0.4 is 4.74 Å². The monoisotopic (exact) mass is 368 g/mol. The van der Waals surface area contributed by atoms with Crippen LogP contribution in [0.25, 0.3) is 0 Å². The van der Waals surface area contributed by atoms with Crippen LogP contribution in [-0.4, -0.2) is 40.6 Å². The van der Waals surface area contributed by atoms with Crippen LogP contribution in [0.3, 0.4) is 0 Å². The fourth-order valence-electron chi connectivity index (χ4n) is 3.06. The maximum atomic E-state index is 12.7. The fraction of sp³-hybridized carbons (Fsp3) is 0.250. The lowest BCUT2D eigenvalue weighted by Crippen LogP contribution is -2.31. The van der Waals surface area contributed by atoms with Crippen LogP contribution in [-0.2, 0) is 20.9 Å². The first-order valence-corrected chi connectivity index (χ1v) is 8.50. The molecule has 27 heavy (non-hydrogen) atoms. The van der Waals surface area contributed by atoms with Crippen LogP contribution in [0.15, 0.2) is 60.1 Å². The summed E-state index contributed by atoms with van der Waals surface area (Å²) in [7, 11) is 1.55. The molecule has 1 aliphatic heterocycles. The van der Waals surface area contributed by atoms with Crippen molar-refractivity contribution in [2.24, 2.45) is 0 Å². The number of hydrogen-bond acceptors (Lipinski definition) is 6. The molecule has 1 atom stereocenters. The van der Waals surface area contributed by atoms with Crippen molar-refractivity contribution in [3.05, 3.63) is 71.3 Å². The predicted octanol–water partition coefficient (Wildman–Crippen LogP) is 2.55. The molecular weight excluding hydrogens is 348 g/mol. The predicted molar refractivity (Wildman–Crippen MR) is 96.8 cm³/mol. The van der Waals surface area contributed by atoms with Gasteiger partial charge in [-0.2, -0.15) is 0 Å². The number of nitrogens with zero attached hydrogens (tertiary/aromatic N) is 2. The van der Waals surface area contributed by atoms with Gasteiger partial charge in [0.1, 0.15) is 11.3 Å². The Balaban J connectivity index is 2.03. The molecule has 0 fully saturated rings. The first-order valence-electron chi connectivity index (χ1n) is 8.50. The van der Waals surface area contributed by atoms with E-state index in [1.54, 1.807) is 56.8 Å². The van der Waals surface area contributed by atoms with E-state index in [9.17, 15) is 14.7 Å². The van der Waals surface area contributed by atoms with Gasteiger partial charge in [-0.05, 0) is 36.2 Å². The maximum absolute atomic E-state index is 12.7. The molecule has 1 aromatic carbocycles. The van der Waals surface area contributed by atoms with Gasteiger partial charge in [0.25, 0.3) is 5.91 Å². The van der Waals surface area contributed by atoms with Crippen molar-refractivity contribution in [3.8, 4) is 5.75 Å². The van der Waals surface area contributed by atoms with Crippen molar-refractivity contribution < 1.29 is 24.2 Å². The summed E-state index contributed by atoms with van der Waals surface area (Å²) in [5, 5.41) is 10.4. The Morgan fingerprint density at radius 3 is 2.59 bits per heavy atom. The van der Waals surface area contributed by atoms with Crippen LogP contribution in [0.4, 0.5) is 0 Å². The number of ether oxygens (including phenoxy) is 2. The Kier molecular flexibility index (Phi) is 5.40. The quantitative estimate of drug-likeness (QED) is 0.788. The van der Waals surface area contributed by atoms with Crippen LogP contribution in [0.2, 0.25) is 0 Å². The lowest BCUT2D eigenvalue weighted by molar-refractivity contribution is -0.139. The Bertz CT molecular complexity index is 862. The lowest BCUT2D eigenvalue weighted by atomic mass is 9.99. The van der Waals surface area contributed by atoms with Gasteiger partial charge in [0.15, 0.2) is 5.76 Å². The summed E-state index contributed by atoms with van der Waals surface area (Å²) >= 11 is 0. The molecule has 140 valence electrons. The molecule has 0 unspecified atom stereocenters. The van der Waals surface area contributed by atoms with E-state index in [4.69, 9.17) is 9.47 Å². The van der Waals surface area contributed by atoms with Gasteiger partial charge in [-0.3, -0.25) is 9.78 Å². The number of hydrogen-bond donors (Lipinski definition) is 1. The Labute approximate surface area is 156 Å². The lowest BCUT2D eigenvalue weighted by Gasteiger charge is -2.26. The molecule has 1 amide bonds. The van der Waals surface area contributed by atoms with Crippen molar-refractivity contribution in [1.29, 1.82) is 0 Å². The molecule has 1 aromatic heterocycles. The highest BCUT2D eigenvalue weighted by Gasteiger charge is 2.44. The highest BCUT2D eigenvalue weighted by Crippen LogP contribution is 2.39. The van der Waals surface area contributed by atoms with Gasteiger partial charge in [-0.1, -0.05) is 18.2 Å². The van der Waals surface area contributed by atoms with E-state index in [1.807, 2.05) is 6.07 Å². The fourth-order valence-corrected chi connectivity index (χ4v) is 3.06. The van der Waals surface area contributed by atoms with E-state index >= 15 is 0 Å². The van der Waals surface area contributed by atoms with E-state index in [2.05, 4.69) is 4.98 Å². The first-order chi connectivity index (χ1) is 13.1. The number of aliphatic hydroxyl groups excluding tert-OH is 1. The number of esters is 1. The zero-order valence-electron chi connectivity index (χ0n) is 15.1. The average molecular weight is 368 g/mol. The second-order valence-electron chi connectivity index (χ2n) is 5.95. The van der Waals surface area contributed by atoms with E-state index in [0.717, 1.165) is 5.56 Å². The Morgan fingerprint density at radius 2 is 2.00 bits per heavy atom. The Hall–Kier alpha value is -3.35. The second kappa shape index (κ2) is 7.90. The van der Waals surface area contributed by atoms with Crippen LogP contribution in [0.5, 0.6) is 5.75 Å². The topological polar surface area (TPSA) is 89.0 Å². The molecule has 7 nitrogen and oxygen atoms in total. The van der Waals surface area contributed by atoms with Crippen LogP contribution in [0.1, 0.15) is 24.1 Å². The van der Waals surface area contributed by atoms with E-state index in [1.165, 1.54) is 4.90 Å². The number of amides is 1. The summed E-state index contributed by atoms with van der Waals surface area (Å²) in [6.07, 6.45) is 3.27. The molecule has 1 aliphatic rings. The van der Waals surface area contributed by atoms with Crippen LogP contribution in [0, 0.1) is 0 Å². The summed E-state index contributed by atoms with van der Waals surface area (Å²) < 4.78 is 10.2. The molecule has 1 N–H and O–H groups in total. The standard InChI is InChI=1S/C20H20N2O5/c1-3-27-20(25)16-17(14-6-8-15(26-2)9-7-14)22(19(24)18(16)23)12-13-5-4-10-21-11-13/h4-11,17,23H,3,12H2,1-2H3/t17-/m1/s1. The van der Waals surface area contributed by atoms with Gasteiger partial charge in [-0.15, -0.1) is 0 Å². The third-order valence-corrected chi connectivity index (χ3v) is 4.31. The molecule has 0 radical (unpaired) electrons. The van der Waals surface area contributed by atoms with Crippen molar-refractivity contribution in [2.75, 3.05) is 13.7 Å². The zero-order chi connectivity index (χ0) is 19.4. The van der Waals surface area contributed by atoms with Gasteiger partial charge < -0.3 is 19.5 Å². The van der Waals surface area contributed by atoms with Gasteiger partial charge in [0, 0.05) is 18.9 Å². The number of benzene rings is 1. The molecule has 0 saturated heterocycles. The molecule has 0 bridgehead atoms. The van der Waals surface area contributed by atoms with Crippen LogP contribution >= 0.6 is 0 Å². The SMILES string of the molecule is CCOC(=O)C1=C(O)C(=O)N(Cc2cccnc2)[C@@H]1c1ccc(OC)cc1. The zero-order valence-corrected chi connectivity index (χ0v) is 15.1. The van der Waals surface area contributed by atoms with Gasteiger partial charge >= 0.3 is 5.97 Å². The molecule has 7 heteroatoms. The first kappa shape index (κ1) is 18.4. The highest BCUT2D eigenvalue weighted by atomic mass is 16.5. The number of aliphatic hydroxyl groups is 1. The average Bonchev–Trinajstić information content (AvgIpc) is 2.94. The smallest absolute Gasteiger partial charge is 0.340 e. The number of aromatic nitrogens is 1. The summed E-state index contributed by atoms with van der Waals surface area (Å²) in [4.78, 5) is 30.6. The summed E-state index contributed by atoms with van der Waals surface area (Å²) in [5.41, 5.74) is 1.39. The number of pyridine rings is 1. The summed E-state index contributed by atoms with van der Waals surface area (Å²) in [6.45, 7) is 2.00. The summed E-state index contributed by atoms with van der Waals surface area (Å²) in [5.74, 6) is -1.27.